The lowest BCUT2D eigenvalue weighted by Gasteiger charge is -2.24. The molecule has 0 heterocycles. The minimum absolute atomic E-state index is 0.0286. The molecule has 0 unspecified atom stereocenters. The third-order valence-electron chi connectivity index (χ3n) is 2.49. The van der Waals surface area contributed by atoms with Crippen molar-refractivity contribution in [1.82, 2.24) is 15.1 Å². The molecule has 0 aromatic heterocycles. The number of nitrogens with zero attached hydrogens (tertiary/aromatic N) is 4. The summed E-state index contributed by atoms with van der Waals surface area (Å²) in [5, 5.41) is 20.1. The fraction of sp³-hybridized carbons (Fsp3) is 0.750. The molecule has 0 aromatic carbocycles. The number of nitrogens with one attached hydrogen (secondary N) is 1. The molecule has 0 aliphatic carbocycles. The van der Waals surface area contributed by atoms with Gasteiger partial charge in [0.2, 0.25) is 5.91 Å². The van der Waals surface area contributed by atoms with Crippen molar-refractivity contribution in [3.8, 4) is 12.1 Å². The van der Waals surface area contributed by atoms with Gasteiger partial charge in [-0.2, -0.15) is 10.5 Å². The first kappa shape index (κ1) is 16.4. The average molecular weight is 251 g/mol. The van der Waals surface area contributed by atoms with Crippen LogP contribution >= 0.6 is 0 Å². The first-order valence-electron chi connectivity index (χ1n) is 6.00. The van der Waals surface area contributed by atoms with Crippen LogP contribution in [0.3, 0.4) is 0 Å². The summed E-state index contributed by atoms with van der Waals surface area (Å²) < 4.78 is 0. The Labute approximate surface area is 109 Å². The van der Waals surface area contributed by atoms with Gasteiger partial charge in [0.05, 0.1) is 31.5 Å². The Morgan fingerprint density at radius 2 is 1.72 bits per heavy atom. The van der Waals surface area contributed by atoms with E-state index in [1.165, 1.54) is 0 Å². The highest BCUT2D eigenvalue weighted by atomic mass is 16.2. The summed E-state index contributed by atoms with van der Waals surface area (Å²) in [5.74, 6) is -0.0286. The Kier molecular flexibility index (Phi) is 9.57. The van der Waals surface area contributed by atoms with Crippen LogP contribution in [-0.4, -0.2) is 62.5 Å². The van der Waals surface area contributed by atoms with Gasteiger partial charge in [0.15, 0.2) is 0 Å². The average Bonchev–Trinajstić information content (AvgIpc) is 2.36. The van der Waals surface area contributed by atoms with Gasteiger partial charge >= 0.3 is 0 Å². The van der Waals surface area contributed by atoms with E-state index in [-0.39, 0.29) is 5.91 Å². The molecule has 0 rings (SSSR count). The smallest absolute Gasteiger partial charge is 0.236 e. The third kappa shape index (κ3) is 7.61. The largest absolute Gasteiger partial charge is 0.340 e. The second kappa shape index (κ2) is 10.5. The Morgan fingerprint density at radius 1 is 1.17 bits per heavy atom. The molecule has 100 valence electrons. The highest BCUT2D eigenvalue weighted by molar-refractivity contribution is 5.78. The molecule has 0 atom stereocenters. The van der Waals surface area contributed by atoms with Gasteiger partial charge in [-0.05, 0) is 14.1 Å². The van der Waals surface area contributed by atoms with Crippen LogP contribution in [0.25, 0.3) is 0 Å². The van der Waals surface area contributed by atoms with Crippen molar-refractivity contribution in [2.24, 2.45) is 0 Å². The maximum Gasteiger partial charge on any atom is 0.236 e. The number of rotatable bonds is 9. The van der Waals surface area contributed by atoms with Gasteiger partial charge in [-0.1, -0.05) is 0 Å². The summed E-state index contributed by atoms with van der Waals surface area (Å²) in [4.78, 5) is 15.5. The molecule has 0 saturated heterocycles. The first-order valence-corrected chi connectivity index (χ1v) is 6.00. The van der Waals surface area contributed by atoms with Gasteiger partial charge in [-0.3, -0.25) is 9.69 Å². The Balaban J connectivity index is 4.19. The maximum atomic E-state index is 12.0. The van der Waals surface area contributed by atoms with Gasteiger partial charge in [0.25, 0.3) is 0 Å². The van der Waals surface area contributed by atoms with Crippen LogP contribution in [0, 0.1) is 22.7 Å². The zero-order valence-corrected chi connectivity index (χ0v) is 11.1. The SMILES string of the molecule is CNCCN(C)CC(=O)N(CCC#N)CCC#N. The fourth-order valence-electron chi connectivity index (χ4n) is 1.44. The summed E-state index contributed by atoms with van der Waals surface area (Å²) in [7, 11) is 3.74. The third-order valence-corrected chi connectivity index (χ3v) is 2.49. The van der Waals surface area contributed by atoms with Crippen LogP contribution in [0.1, 0.15) is 12.8 Å². The molecule has 0 bridgehead atoms. The minimum Gasteiger partial charge on any atom is -0.340 e. The monoisotopic (exact) mass is 251 g/mol. The van der Waals surface area contributed by atoms with Crippen molar-refractivity contribution >= 4 is 5.91 Å². The quantitative estimate of drug-likeness (QED) is 0.613. The molecular weight excluding hydrogens is 230 g/mol. The van der Waals surface area contributed by atoms with Crippen LogP contribution in [0.4, 0.5) is 0 Å². The molecule has 0 fully saturated rings. The standard InChI is InChI=1S/C12H21N5O/c1-15-7-10-16(2)11-12(18)17(8-3-5-13)9-4-6-14/h15H,3-4,7-11H2,1-2H3. The first-order chi connectivity index (χ1) is 8.65. The number of nitriles is 2. The summed E-state index contributed by atoms with van der Waals surface area (Å²) in [6.07, 6.45) is 0.606. The van der Waals surface area contributed by atoms with E-state index >= 15 is 0 Å². The van der Waals surface area contributed by atoms with Crippen molar-refractivity contribution in [3.05, 3.63) is 0 Å². The van der Waals surface area contributed by atoms with Crippen molar-refractivity contribution in [3.63, 3.8) is 0 Å². The molecule has 0 spiro atoms. The van der Waals surface area contributed by atoms with E-state index in [4.69, 9.17) is 10.5 Å². The molecule has 18 heavy (non-hydrogen) atoms. The van der Waals surface area contributed by atoms with E-state index in [0.717, 1.165) is 13.1 Å². The number of carbonyl (C=O) groups is 1. The van der Waals surface area contributed by atoms with Crippen LogP contribution in [0.15, 0.2) is 0 Å². The highest BCUT2D eigenvalue weighted by Crippen LogP contribution is 1.97. The lowest BCUT2D eigenvalue weighted by Crippen LogP contribution is -2.41. The number of likely N-dealkylation sites (N-methyl/N-ethyl adjacent to an activating group) is 2. The van der Waals surface area contributed by atoms with Crippen molar-refractivity contribution in [1.29, 1.82) is 10.5 Å². The number of carbonyl (C=O) groups excluding carboxylic acids is 1. The highest BCUT2D eigenvalue weighted by Gasteiger charge is 2.14. The lowest BCUT2D eigenvalue weighted by molar-refractivity contribution is -0.132. The summed E-state index contributed by atoms with van der Waals surface area (Å²) in [5.41, 5.74) is 0. The summed E-state index contributed by atoms with van der Waals surface area (Å²) in [6.45, 7) is 2.72. The van der Waals surface area contributed by atoms with Crippen molar-refractivity contribution in [2.75, 3.05) is 46.8 Å². The number of amides is 1. The van der Waals surface area contributed by atoms with E-state index in [1.54, 1.807) is 4.90 Å². The summed E-state index contributed by atoms with van der Waals surface area (Å²) in [6, 6.07) is 4.03. The molecule has 1 N–H and O–H groups in total. The predicted octanol–water partition coefficient (Wildman–Crippen LogP) is -0.206. The second-order valence-corrected chi connectivity index (χ2v) is 4.04. The topological polar surface area (TPSA) is 83.2 Å². The molecule has 0 aromatic rings. The van der Waals surface area contributed by atoms with Crippen LogP contribution in [0.2, 0.25) is 0 Å². The minimum atomic E-state index is -0.0286. The van der Waals surface area contributed by atoms with Gasteiger partial charge < -0.3 is 10.2 Å². The van der Waals surface area contributed by atoms with E-state index < -0.39 is 0 Å². The molecule has 6 nitrogen and oxygen atoms in total. The van der Waals surface area contributed by atoms with Crippen LogP contribution in [0.5, 0.6) is 0 Å². The Hall–Kier alpha value is -1.63. The fourth-order valence-corrected chi connectivity index (χ4v) is 1.44. The molecule has 0 saturated carbocycles. The Bertz CT molecular complexity index is 299. The molecule has 1 amide bonds. The zero-order chi connectivity index (χ0) is 13.8. The van der Waals surface area contributed by atoms with Crippen LogP contribution < -0.4 is 5.32 Å². The number of hydrogen-bond donors (Lipinski definition) is 1. The van der Waals surface area contributed by atoms with E-state index in [1.807, 2.05) is 31.1 Å². The normalized spacial score (nSPS) is 9.83. The molecule has 6 heteroatoms. The van der Waals surface area contributed by atoms with E-state index in [0.29, 0.717) is 32.5 Å². The van der Waals surface area contributed by atoms with Crippen molar-refractivity contribution in [2.45, 2.75) is 12.8 Å². The molecule has 0 aliphatic heterocycles. The van der Waals surface area contributed by atoms with Crippen LogP contribution in [-0.2, 0) is 4.79 Å². The molecule has 0 radical (unpaired) electrons. The molecule has 0 aliphatic rings. The zero-order valence-electron chi connectivity index (χ0n) is 11.1. The molecular formula is C12H21N5O. The predicted molar refractivity (Wildman–Crippen MR) is 68.5 cm³/mol. The second-order valence-electron chi connectivity index (χ2n) is 4.04. The maximum absolute atomic E-state index is 12.0. The van der Waals surface area contributed by atoms with Gasteiger partial charge in [0.1, 0.15) is 0 Å². The van der Waals surface area contributed by atoms with Gasteiger partial charge in [0, 0.05) is 26.2 Å². The van der Waals surface area contributed by atoms with Gasteiger partial charge in [-0.15, -0.1) is 0 Å². The number of hydrogen-bond acceptors (Lipinski definition) is 5. The van der Waals surface area contributed by atoms with E-state index in [2.05, 4.69) is 5.32 Å². The lowest BCUT2D eigenvalue weighted by atomic mass is 10.3. The van der Waals surface area contributed by atoms with E-state index in [9.17, 15) is 4.79 Å². The summed E-state index contributed by atoms with van der Waals surface area (Å²) >= 11 is 0. The van der Waals surface area contributed by atoms with Crippen molar-refractivity contribution < 1.29 is 4.79 Å². The van der Waals surface area contributed by atoms with Gasteiger partial charge in [-0.25, -0.2) is 0 Å². The Morgan fingerprint density at radius 3 is 2.17 bits per heavy atom.